The number of hydrogen-bond donors (Lipinski definition) is 1. The Kier molecular flexibility index (Phi) is 4.08. The van der Waals surface area contributed by atoms with E-state index >= 15 is 0 Å². The number of benzene rings is 1. The van der Waals surface area contributed by atoms with Crippen molar-refractivity contribution in [3.05, 3.63) is 35.4 Å². The first kappa shape index (κ1) is 15.5. The lowest BCUT2D eigenvalue weighted by atomic mass is 9.90. The molecule has 1 N–H and O–H groups in total. The van der Waals surface area contributed by atoms with Crippen molar-refractivity contribution in [2.45, 2.75) is 46.1 Å². The summed E-state index contributed by atoms with van der Waals surface area (Å²) < 4.78 is 0. The second kappa shape index (κ2) is 5.51. The zero-order valence-corrected chi connectivity index (χ0v) is 13.1. The Bertz CT molecular complexity index is 542. The fraction of sp³-hybridized carbons (Fsp3) is 0.529. The van der Waals surface area contributed by atoms with Crippen LogP contribution in [0.25, 0.3) is 0 Å². The van der Waals surface area contributed by atoms with Crippen molar-refractivity contribution in [3.8, 4) is 0 Å². The maximum Gasteiger partial charge on any atom is 0.327 e. The lowest BCUT2D eigenvalue weighted by molar-refractivity contribution is -0.152. The van der Waals surface area contributed by atoms with E-state index in [9.17, 15) is 14.7 Å². The van der Waals surface area contributed by atoms with Crippen LogP contribution in [0.15, 0.2) is 24.3 Å². The topological polar surface area (TPSA) is 57.6 Å². The Morgan fingerprint density at radius 3 is 2.24 bits per heavy atom. The van der Waals surface area contributed by atoms with Gasteiger partial charge in [0, 0.05) is 17.9 Å². The van der Waals surface area contributed by atoms with Crippen LogP contribution >= 0.6 is 0 Å². The summed E-state index contributed by atoms with van der Waals surface area (Å²) in [6.07, 6.45) is 0.696. The predicted molar refractivity (Wildman–Crippen MR) is 81.1 cm³/mol. The number of hydrogen-bond acceptors (Lipinski definition) is 2. The van der Waals surface area contributed by atoms with Gasteiger partial charge in [-0.25, -0.2) is 4.79 Å². The summed E-state index contributed by atoms with van der Waals surface area (Å²) in [7, 11) is 0. The Morgan fingerprint density at radius 2 is 1.76 bits per heavy atom. The van der Waals surface area contributed by atoms with E-state index in [0.29, 0.717) is 13.0 Å². The molecule has 0 spiro atoms. The molecule has 1 heterocycles. The van der Waals surface area contributed by atoms with Crippen molar-refractivity contribution in [1.29, 1.82) is 0 Å². The molecule has 0 bridgehead atoms. The number of nitrogens with zero attached hydrogens (tertiary/aromatic N) is 1. The van der Waals surface area contributed by atoms with Crippen LogP contribution in [0, 0.1) is 12.3 Å². The van der Waals surface area contributed by atoms with Crippen LogP contribution in [0.3, 0.4) is 0 Å². The highest BCUT2D eigenvalue weighted by Gasteiger charge is 2.45. The number of carboxylic acid groups (broad SMARTS) is 1. The number of aliphatic carboxylic acids is 1. The zero-order valence-electron chi connectivity index (χ0n) is 13.1. The molecule has 0 saturated carbocycles. The molecule has 1 fully saturated rings. The molecule has 0 radical (unpaired) electrons. The summed E-state index contributed by atoms with van der Waals surface area (Å²) >= 11 is 0. The second-order valence-electron chi connectivity index (χ2n) is 6.84. The van der Waals surface area contributed by atoms with Gasteiger partial charge in [0.15, 0.2) is 0 Å². The molecule has 21 heavy (non-hydrogen) atoms. The summed E-state index contributed by atoms with van der Waals surface area (Å²) in [6.45, 7) is 7.99. The molecule has 1 saturated heterocycles. The van der Waals surface area contributed by atoms with E-state index in [0.717, 1.165) is 11.1 Å². The minimum atomic E-state index is -0.921. The number of carboxylic acids is 1. The molecule has 1 aromatic carbocycles. The van der Waals surface area contributed by atoms with Crippen LogP contribution in [0.4, 0.5) is 0 Å². The van der Waals surface area contributed by atoms with E-state index in [1.165, 1.54) is 4.90 Å². The molecule has 1 aliphatic rings. The minimum Gasteiger partial charge on any atom is -0.480 e. The first-order valence-electron chi connectivity index (χ1n) is 7.32. The van der Waals surface area contributed by atoms with Gasteiger partial charge in [0.25, 0.3) is 0 Å². The monoisotopic (exact) mass is 289 g/mol. The number of carbonyl (C=O) groups is 2. The molecule has 1 aliphatic heterocycles. The highest BCUT2D eigenvalue weighted by molar-refractivity contribution is 5.88. The number of aryl methyl sites for hydroxylation is 1. The quantitative estimate of drug-likeness (QED) is 0.910. The average molecular weight is 289 g/mol. The van der Waals surface area contributed by atoms with Gasteiger partial charge < -0.3 is 10.0 Å². The highest BCUT2D eigenvalue weighted by atomic mass is 16.4. The maximum absolute atomic E-state index is 12.5. The van der Waals surface area contributed by atoms with E-state index in [1.807, 2.05) is 52.0 Å². The van der Waals surface area contributed by atoms with Crippen molar-refractivity contribution in [1.82, 2.24) is 4.90 Å². The smallest absolute Gasteiger partial charge is 0.327 e. The standard InChI is InChI=1S/C17H23NO3/c1-11-5-7-12(8-6-11)13-9-10-18(14(13)15(19)20)16(21)17(2,3)4/h5-8,13-14H,9-10H2,1-4H3,(H,19,20)/t13-,14?/m1/s1. The first-order valence-corrected chi connectivity index (χ1v) is 7.32. The first-order chi connectivity index (χ1) is 9.71. The van der Waals surface area contributed by atoms with E-state index in [4.69, 9.17) is 0 Å². The fourth-order valence-electron chi connectivity index (χ4n) is 2.92. The Morgan fingerprint density at radius 1 is 1.19 bits per heavy atom. The summed E-state index contributed by atoms with van der Waals surface area (Å²) in [4.78, 5) is 25.7. The molecule has 0 aromatic heterocycles. The van der Waals surface area contributed by atoms with Crippen molar-refractivity contribution >= 4 is 11.9 Å². The van der Waals surface area contributed by atoms with Crippen LogP contribution in [-0.2, 0) is 9.59 Å². The van der Waals surface area contributed by atoms with Gasteiger partial charge in [0.2, 0.25) is 5.91 Å². The SMILES string of the molecule is Cc1ccc([C@H]2CCN(C(=O)C(C)(C)C)C2C(=O)O)cc1. The van der Waals surface area contributed by atoms with Gasteiger partial charge in [-0.3, -0.25) is 4.79 Å². The molecule has 2 rings (SSSR count). The molecular weight excluding hydrogens is 266 g/mol. The molecule has 0 aliphatic carbocycles. The minimum absolute atomic E-state index is 0.0930. The van der Waals surface area contributed by atoms with Gasteiger partial charge in [-0.05, 0) is 18.9 Å². The lowest BCUT2D eigenvalue weighted by Gasteiger charge is -2.30. The third kappa shape index (κ3) is 3.09. The Balaban J connectivity index is 2.31. The van der Waals surface area contributed by atoms with Crippen LogP contribution < -0.4 is 0 Å². The van der Waals surface area contributed by atoms with Crippen molar-refractivity contribution in [2.24, 2.45) is 5.41 Å². The van der Waals surface area contributed by atoms with E-state index in [2.05, 4.69) is 0 Å². The molecule has 4 heteroatoms. The van der Waals surface area contributed by atoms with Crippen molar-refractivity contribution in [3.63, 3.8) is 0 Å². The van der Waals surface area contributed by atoms with Crippen LogP contribution in [0.2, 0.25) is 0 Å². The van der Waals surface area contributed by atoms with Crippen LogP contribution in [0.1, 0.15) is 44.2 Å². The zero-order chi connectivity index (χ0) is 15.8. The molecule has 2 atom stereocenters. The number of amides is 1. The Labute approximate surface area is 125 Å². The highest BCUT2D eigenvalue weighted by Crippen LogP contribution is 2.36. The third-order valence-electron chi connectivity index (χ3n) is 4.06. The lowest BCUT2D eigenvalue weighted by Crippen LogP contribution is -2.47. The number of likely N-dealkylation sites (tertiary alicyclic amines) is 1. The van der Waals surface area contributed by atoms with Gasteiger partial charge in [0.05, 0.1) is 0 Å². The molecule has 4 nitrogen and oxygen atoms in total. The van der Waals surface area contributed by atoms with E-state index in [1.54, 1.807) is 0 Å². The van der Waals surface area contributed by atoms with Gasteiger partial charge in [-0.1, -0.05) is 50.6 Å². The normalized spacial score (nSPS) is 22.4. The van der Waals surface area contributed by atoms with E-state index < -0.39 is 17.4 Å². The fourth-order valence-corrected chi connectivity index (χ4v) is 2.92. The van der Waals surface area contributed by atoms with Crippen molar-refractivity contribution in [2.75, 3.05) is 6.54 Å². The summed E-state index contributed by atoms with van der Waals surface area (Å²) in [6, 6.07) is 7.16. The number of rotatable bonds is 2. The van der Waals surface area contributed by atoms with Gasteiger partial charge in [0.1, 0.15) is 6.04 Å². The number of carbonyl (C=O) groups excluding carboxylic acids is 1. The third-order valence-corrected chi connectivity index (χ3v) is 4.06. The van der Waals surface area contributed by atoms with Gasteiger partial charge in [-0.2, -0.15) is 0 Å². The molecular formula is C17H23NO3. The average Bonchev–Trinajstić information content (AvgIpc) is 2.82. The summed E-state index contributed by atoms with van der Waals surface area (Å²) in [5, 5.41) is 9.59. The van der Waals surface area contributed by atoms with Gasteiger partial charge in [-0.15, -0.1) is 0 Å². The van der Waals surface area contributed by atoms with E-state index in [-0.39, 0.29) is 11.8 Å². The molecule has 114 valence electrons. The largest absolute Gasteiger partial charge is 0.480 e. The van der Waals surface area contributed by atoms with Gasteiger partial charge >= 0.3 is 5.97 Å². The molecule has 1 aromatic rings. The predicted octanol–water partition coefficient (Wildman–Crippen LogP) is 2.81. The molecule has 1 unspecified atom stereocenters. The second-order valence-corrected chi connectivity index (χ2v) is 6.84. The van der Waals surface area contributed by atoms with Crippen LogP contribution in [0.5, 0.6) is 0 Å². The van der Waals surface area contributed by atoms with Crippen LogP contribution in [-0.4, -0.2) is 34.5 Å². The van der Waals surface area contributed by atoms with Crippen molar-refractivity contribution < 1.29 is 14.7 Å². The summed E-state index contributed by atoms with van der Waals surface area (Å²) in [5.41, 5.74) is 1.58. The Hall–Kier alpha value is -1.84. The maximum atomic E-state index is 12.5. The summed E-state index contributed by atoms with van der Waals surface area (Å²) in [5.74, 6) is -1.14. The molecule has 1 amide bonds.